The SMILES string of the molecule is Cn1ncc(C#Cc2ccc(S(N)(=O)=O)cc2)c1-c1nc(-c2ccc(C(F)(F)F)cc2)no1. The zero-order chi connectivity index (χ0) is 23.8. The Labute approximate surface area is 185 Å². The summed E-state index contributed by atoms with van der Waals surface area (Å²) in [4.78, 5) is 4.23. The highest BCUT2D eigenvalue weighted by molar-refractivity contribution is 7.89. The number of sulfonamides is 1. The van der Waals surface area contributed by atoms with E-state index in [1.807, 2.05) is 0 Å². The third kappa shape index (κ3) is 4.79. The van der Waals surface area contributed by atoms with E-state index >= 15 is 0 Å². The van der Waals surface area contributed by atoms with Gasteiger partial charge >= 0.3 is 6.18 Å². The summed E-state index contributed by atoms with van der Waals surface area (Å²) in [7, 11) is -2.16. The molecule has 33 heavy (non-hydrogen) atoms. The molecular weight excluding hydrogens is 459 g/mol. The van der Waals surface area contributed by atoms with Crippen molar-refractivity contribution in [2.75, 3.05) is 0 Å². The monoisotopic (exact) mass is 473 g/mol. The van der Waals surface area contributed by atoms with Crippen molar-refractivity contribution >= 4 is 10.0 Å². The summed E-state index contributed by atoms with van der Waals surface area (Å²) in [6.45, 7) is 0. The lowest BCUT2D eigenvalue weighted by Crippen LogP contribution is -2.11. The van der Waals surface area contributed by atoms with E-state index in [9.17, 15) is 21.6 Å². The molecule has 2 aromatic heterocycles. The molecule has 168 valence electrons. The quantitative estimate of drug-likeness (QED) is 0.457. The number of nitrogens with zero attached hydrogens (tertiary/aromatic N) is 4. The van der Waals surface area contributed by atoms with Crippen LogP contribution in [0.15, 0.2) is 64.1 Å². The number of alkyl halides is 3. The summed E-state index contributed by atoms with van der Waals surface area (Å²) < 4.78 is 67.8. The van der Waals surface area contributed by atoms with E-state index in [0.29, 0.717) is 22.4 Å². The molecule has 12 heteroatoms. The van der Waals surface area contributed by atoms with Gasteiger partial charge in [0.2, 0.25) is 15.8 Å². The lowest BCUT2D eigenvalue weighted by atomic mass is 10.1. The van der Waals surface area contributed by atoms with Crippen LogP contribution in [-0.2, 0) is 23.2 Å². The molecule has 0 fully saturated rings. The van der Waals surface area contributed by atoms with Gasteiger partial charge in [0.05, 0.1) is 22.2 Å². The zero-order valence-electron chi connectivity index (χ0n) is 16.8. The average Bonchev–Trinajstić information content (AvgIpc) is 3.38. The predicted octanol–water partition coefficient (Wildman–Crippen LogP) is 3.20. The second kappa shape index (κ2) is 8.19. The van der Waals surface area contributed by atoms with Crippen LogP contribution in [0.2, 0.25) is 0 Å². The second-order valence-electron chi connectivity index (χ2n) is 6.85. The molecule has 0 spiro atoms. The number of nitrogens with two attached hydrogens (primary N) is 1. The van der Waals surface area contributed by atoms with E-state index in [0.717, 1.165) is 12.1 Å². The predicted molar refractivity (Wildman–Crippen MR) is 111 cm³/mol. The van der Waals surface area contributed by atoms with Crippen molar-refractivity contribution in [2.45, 2.75) is 11.1 Å². The standard InChI is InChI=1S/C21H14F3N5O3S/c1-29-18(15(12-26-29)5-2-13-3-10-17(11-4-13)33(25,30)31)20-27-19(28-32-20)14-6-8-16(9-7-14)21(22,23)24/h3-4,6-12H,1H3,(H2,25,30,31). The molecule has 0 atom stereocenters. The molecule has 2 aromatic carbocycles. The summed E-state index contributed by atoms with van der Waals surface area (Å²) in [6.07, 6.45) is -2.95. The van der Waals surface area contributed by atoms with E-state index in [-0.39, 0.29) is 16.6 Å². The van der Waals surface area contributed by atoms with Crippen molar-refractivity contribution in [2.24, 2.45) is 12.2 Å². The van der Waals surface area contributed by atoms with Crippen LogP contribution in [0.3, 0.4) is 0 Å². The summed E-state index contributed by atoms with van der Waals surface area (Å²) in [6, 6.07) is 10.1. The Morgan fingerprint density at radius 2 is 1.70 bits per heavy atom. The maximum Gasteiger partial charge on any atom is 0.416 e. The van der Waals surface area contributed by atoms with Crippen LogP contribution in [0, 0.1) is 11.8 Å². The van der Waals surface area contributed by atoms with Crippen LogP contribution < -0.4 is 5.14 Å². The third-order valence-corrected chi connectivity index (χ3v) is 5.49. The maximum atomic E-state index is 12.8. The lowest BCUT2D eigenvalue weighted by molar-refractivity contribution is -0.137. The molecule has 0 aliphatic carbocycles. The van der Waals surface area contributed by atoms with E-state index in [4.69, 9.17) is 9.66 Å². The first-order valence-electron chi connectivity index (χ1n) is 9.21. The lowest BCUT2D eigenvalue weighted by Gasteiger charge is -2.05. The Morgan fingerprint density at radius 1 is 1.03 bits per heavy atom. The Kier molecular flexibility index (Phi) is 5.52. The molecule has 2 heterocycles. The number of primary sulfonamides is 1. The highest BCUT2D eigenvalue weighted by atomic mass is 32.2. The van der Waals surface area contributed by atoms with Gasteiger partial charge < -0.3 is 4.52 Å². The first kappa shape index (κ1) is 22.3. The van der Waals surface area contributed by atoms with Crippen molar-refractivity contribution in [3.8, 4) is 34.8 Å². The van der Waals surface area contributed by atoms with E-state index in [1.54, 1.807) is 7.05 Å². The Bertz CT molecular complexity index is 1480. The van der Waals surface area contributed by atoms with Crippen molar-refractivity contribution in [3.63, 3.8) is 0 Å². The minimum atomic E-state index is -4.44. The first-order chi connectivity index (χ1) is 15.5. The van der Waals surface area contributed by atoms with Gasteiger partial charge in [0.1, 0.15) is 5.69 Å². The van der Waals surface area contributed by atoms with Gasteiger partial charge in [-0.1, -0.05) is 29.1 Å². The van der Waals surface area contributed by atoms with Gasteiger partial charge in [-0.05, 0) is 36.4 Å². The minimum absolute atomic E-state index is 0.0308. The number of aryl methyl sites for hydroxylation is 1. The molecule has 0 unspecified atom stereocenters. The number of aromatic nitrogens is 4. The van der Waals surface area contributed by atoms with E-state index < -0.39 is 21.8 Å². The van der Waals surface area contributed by atoms with Crippen molar-refractivity contribution in [3.05, 3.63) is 71.4 Å². The van der Waals surface area contributed by atoms with Crippen LogP contribution in [0.5, 0.6) is 0 Å². The fourth-order valence-electron chi connectivity index (χ4n) is 2.90. The average molecular weight is 473 g/mol. The Morgan fingerprint density at radius 3 is 2.30 bits per heavy atom. The summed E-state index contributed by atoms with van der Waals surface area (Å²) >= 11 is 0. The first-order valence-corrected chi connectivity index (χ1v) is 10.8. The maximum absolute atomic E-state index is 12.8. The molecule has 0 radical (unpaired) electrons. The van der Waals surface area contributed by atoms with Gasteiger partial charge in [0.15, 0.2) is 0 Å². The second-order valence-corrected chi connectivity index (χ2v) is 8.41. The molecule has 0 saturated heterocycles. The van der Waals surface area contributed by atoms with Crippen molar-refractivity contribution < 1.29 is 26.1 Å². The minimum Gasteiger partial charge on any atom is -0.332 e. The molecule has 4 aromatic rings. The highest BCUT2D eigenvalue weighted by Gasteiger charge is 2.30. The van der Waals surface area contributed by atoms with Crippen molar-refractivity contribution in [1.82, 2.24) is 19.9 Å². The zero-order valence-corrected chi connectivity index (χ0v) is 17.6. The molecule has 0 aliphatic heterocycles. The summed E-state index contributed by atoms with van der Waals surface area (Å²) in [5.41, 5.74) is 0.970. The summed E-state index contributed by atoms with van der Waals surface area (Å²) in [5, 5.41) is 13.1. The van der Waals surface area contributed by atoms with Gasteiger partial charge in [-0.2, -0.15) is 23.3 Å². The molecule has 0 bridgehead atoms. The molecule has 0 saturated carbocycles. The normalized spacial score (nSPS) is 11.8. The Hall–Kier alpha value is -3.95. The molecule has 8 nitrogen and oxygen atoms in total. The van der Waals surface area contributed by atoms with Gasteiger partial charge in [0.25, 0.3) is 5.89 Å². The van der Waals surface area contributed by atoms with E-state index in [1.165, 1.54) is 47.3 Å². The third-order valence-electron chi connectivity index (χ3n) is 4.56. The van der Waals surface area contributed by atoms with E-state index in [2.05, 4.69) is 27.1 Å². The number of halogens is 3. The van der Waals surface area contributed by atoms with Crippen LogP contribution in [0.25, 0.3) is 23.0 Å². The van der Waals surface area contributed by atoms with Gasteiger partial charge in [-0.3, -0.25) is 4.68 Å². The number of benzene rings is 2. The van der Waals surface area contributed by atoms with Crippen LogP contribution in [0.4, 0.5) is 13.2 Å². The van der Waals surface area contributed by atoms with Gasteiger partial charge in [-0.15, -0.1) is 0 Å². The summed E-state index contributed by atoms with van der Waals surface area (Å²) in [5.74, 6) is 5.99. The molecular formula is C21H14F3N5O3S. The fraction of sp³-hybridized carbons (Fsp3) is 0.0952. The molecule has 4 rings (SSSR count). The molecule has 0 amide bonds. The van der Waals surface area contributed by atoms with Crippen molar-refractivity contribution in [1.29, 1.82) is 0 Å². The smallest absolute Gasteiger partial charge is 0.332 e. The topological polar surface area (TPSA) is 117 Å². The van der Waals surface area contributed by atoms with Crippen LogP contribution in [0.1, 0.15) is 16.7 Å². The van der Waals surface area contributed by atoms with Gasteiger partial charge in [-0.25, -0.2) is 13.6 Å². The van der Waals surface area contributed by atoms with Gasteiger partial charge in [0, 0.05) is 18.2 Å². The van der Waals surface area contributed by atoms with Crippen LogP contribution >= 0.6 is 0 Å². The number of hydrogen-bond donors (Lipinski definition) is 1. The van der Waals surface area contributed by atoms with Crippen LogP contribution in [-0.4, -0.2) is 28.3 Å². The number of rotatable bonds is 3. The molecule has 0 aliphatic rings. The molecule has 2 N–H and O–H groups in total. The number of hydrogen-bond acceptors (Lipinski definition) is 6. The fourth-order valence-corrected chi connectivity index (χ4v) is 3.41. The largest absolute Gasteiger partial charge is 0.416 e. The highest BCUT2D eigenvalue weighted by Crippen LogP contribution is 2.31. The Balaban J connectivity index is 1.62.